The first kappa shape index (κ1) is 21.4. The standard InChI is InChI=1S/C28H27N3OS/c1-3-20-13-15-22(16-14-20)29-28-30-27(32)26(33-28)17-24-19(2)31(18-21-9-5-4-6-10-21)25-12-8-7-11-23(24)25/h4-17,28-29H,3,18H2,1-2H3,(H,30,32)/b26-17-/t28-/m1/s1. The molecule has 5 rings (SSSR count). The molecule has 0 spiro atoms. The van der Waals surface area contributed by atoms with Gasteiger partial charge in [0.2, 0.25) is 0 Å². The molecule has 33 heavy (non-hydrogen) atoms. The fraction of sp³-hybridized carbons (Fsp3) is 0.179. The van der Waals surface area contributed by atoms with E-state index in [1.807, 2.05) is 12.1 Å². The van der Waals surface area contributed by atoms with Crippen molar-refractivity contribution in [3.8, 4) is 0 Å². The molecular formula is C28H27N3OS. The Balaban J connectivity index is 1.43. The average Bonchev–Trinajstić information content (AvgIpc) is 3.32. The molecule has 1 amide bonds. The summed E-state index contributed by atoms with van der Waals surface area (Å²) in [6.07, 6.45) is 3.06. The molecule has 1 saturated heterocycles. The lowest BCUT2D eigenvalue weighted by molar-refractivity contribution is -0.116. The first-order chi connectivity index (χ1) is 16.1. The zero-order valence-corrected chi connectivity index (χ0v) is 19.7. The Morgan fingerprint density at radius 2 is 1.70 bits per heavy atom. The Morgan fingerprint density at radius 1 is 0.970 bits per heavy atom. The molecule has 2 N–H and O–H groups in total. The van der Waals surface area contributed by atoms with Crippen molar-refractivity contribution in [2.75, 3.05) is 5.32 Å². The van der Waals surface area contributed by atoms with Crippen LogP contribution < -0.4 is 10.6 Å². The van der Waals surface area contributed by atoms with E-state index in [-0.39, 0.29) is 11.4 Å². The van der Waals surface area contributed by atoms with E-state index < -0.39 is 0 Å². The minimum Gasteiger partial charge on any atom is -0.357 e. The highest BCUT2D eigenvalue weighted by atomic mass is 32.2. The Kier molecular flexibility index (Phi) is 5.97. The summed E-state index contributed by atoms with van der Waals surface area (Å²) in [6, 6.07) is 27.3. The molecule has 1 aromatic heterocycles. The van der Waals surface area contributed by atoms with Gasteiger partial charge in [0.25, 0.3) is 5.91 Å². The quantitative estimate of drug-likeness (QED) is 0.344. The van der Waals surface area contributed by atoms with Crippen molar-refractivity contribution in [2.24, 2.45) is 0 Å². The van der Waals surface area contributed by atoms with Gasteiger partial charge >= 0.3 is 0 Å². The minimum atomic E-state index is -0.186. The maximum absolute atomic E-state index is 12.8. The van der Waals surface area contributed by atoms with Crippen LogP contribution >= 0.6 is 11.8 Å². The number of amides is 1. The molecule has 166 valence electrons. The highest BCUT2D eigenvalue weighted by Crippen LogP contribution is 2.34. The normalized spacial score (nSPS) is 17.0. The third kappa shape index (κ3) is 4.41. The van der Waals surface area contributed by atoms with Crippen molar-refractivity contribution in [2.45, 2.75) is 32.3 Å². The van der Waals surface area contributed by atoms with Crippen molar-refractivity contribution < 1.29 is 4.79 Å². The summed E-state index contributed by atoms with van der Waals surface area (Å²) in [7, 11) is 0. The Bertz CT molecular complexity index is 1320. The number of nitrogens with zero attached hydrogens (tertiary/aromatic N) is 1. The fourth-order valence-corrected chi connectivity index (χ4v) is 5.26. The number of fused-ring (bicyclic) bond motifs is 1. The molecule has 5 heteroatoms. The molecule has 3 aromatic carbocycles. The molecule has 1 aliphatic rings. The van der Waals surface area contributed by atoms with Crippen LogP contribution in [0.5, 0.6) is 0 Å². The smallest absolute Gasteiger partial charge is 0.260 e. The van der Waals surface area contributed by atoms with E-state index in [2.05, 4.69) is 102 Å². The van der Waals surface area contributed by atoms with E-state index in [1.54, 1.807) is 0 Å². The Morgan fingerprint density at radius 3 is 2.45 bits per heavy atom. The van der Waals surface area contributed by atoms with Gasteiger partial charge in [0.1, 0.15) is 0 Å². The van der Waals surface area contributed by atoms with Crippen molar-refractivity contribution >= 4 is 40.3 Å². The van der Waals surface area contributed by atoms with Gasteiger partial charge in [-0.25, -0.2) is 0 Å². The van der Waals surface area contributed by atoms with Crippen LogP contribution in [0.1, 0.15) is 29.3 Å². The van der Waals surface area contributed by atoms with Crippen molar-refractivity contribution in [1.82, 2.24) is 9.88 Å². The van der Waals surface area contributed by atoms with Crippen molar-refractivity contribution in [3.63, 3.8) is 0 Å². The number of hydrogen-bond donors (Lipinski definition) is 2. The lowest BCUT2D eigenvalue weighted by Gasteiger charge is -2.12. The van der Waals surface area contributed by atoms with Gasteiger partial charge in [0.05, 0.1) is 4.91 Å². The molecule has 1 aliphatic heterocycles. The third-order valence-corrected chi connectivity index (χ3v) is 7.16. The van der Waals surface area contributed by atoms with Gasteiger partial charge in [0.15, 0.2) is 5.50 Å². The predicted octanol–water partition coefficient (Wildman–Crippen LogP) is 6.16. The topological polar surface area (TPSA) is 46.1 Å². The van der Waals surface area contributed by atoms with E-state index in [0.29, 0.717) is 0 Å². The van der Waals surface area contributed by atoms with Crippen LogP contribution in [-0.4, -0.2) is 16.0 Å². The zero-order valence-electron chi connectivity index (χ0n) is 18.8. The number of aryl methyl sites for hydroxylation is 1. The number of carbonyl (C=O) groups is 1. The van der Waals surface area contributed by atoms with Crippen LogP contribution in [0.2, 0.25) is 0 Å². The Labute approximate surface area is 198 Å². The monoisotopic (exact) mass is 453 g/mol. The second kappa shape index (κ2) is 9.20. The molecule has 4 nitrogen and oxygen atoms in total. The number of thioether (sulfide) groups is 1. The molecular weight excluding hydrogens is 426 g/mol. The first-order valence-corrected chi connectivity index (χ1v) is 12.2. The maximum Gasteiger partial charge on any atom is 0.260 e. The molecule has 0 aliphatic carbocycles. The number of benzene rings is 3. The average molecular weight is 454 g/mol. The number of carbonyl (C=O) groups excluding carboxylic acids is 1. The van der Waals surface area contributed by atoms with E-state index >= 15 is 0 Å². The number of aromatic nitrogens is 1. The van der Waals surface area contributed by atoms with Crippen LogP contribution in [0, 0.1) is 6.92 Å². The van der Waals surface area contributed by atoms with E-state index in [1.165, 1.54) is 33.8 Å². The number of nitrogens with one attached hydrogen (secondary N) is 2. The number of hydrogen-bond acceptors (Lipinski definition) is 3. The SMILES string of the molecule is CCc1ccc(N[C@@H]2NC(=O)/C(=C/c3c(C)n(Cc4ccccc4)c4ccccc34)S2)cc1. The van der Waals surface area contributed by atoms with Gasteiger partial charge in [-0.2, -0.15) is 0 Å². The summed E-state index contributed by atoms with van der Waals surface area (Å²) >= 11 is 1.53. The van der Waals surface area contributed by atoms with Crippen LogP contribution in [0.4, 0.5) is 5.69 Å². The molecule has 2 heterocycles. The van der Waals surface area contributed by atoms with Crippen LogP contribution in [0.15, 0.2) is 83.8 Å². The van der Waals surface area contributed by atoms with Gasteiger partial charge in [-0.3, -0.25) is 4.79 Å². The van der Waals surface area contributed by atoms with E-state index in [0.717, 1.165) is 34.8 Å². The van der Waals surface area contributed by atoms with Crippen LogP contribution in [0.25, 0.3) is 17.0 Å². The molecule has 0 bridgehead atoms. The predicted molar refractivity (Wildman–Crippen MR) is 139 cm³/mol. The second-order valence-corrected chi connectivity index (χ2v) is 9.41. The summed E-state index contributed by atoms with van der Waals surface area (Å²) in [6.45, 7) is 5.08. The molecule has 0 unspecified atom stereocenters. The van der Waals surface area contributed by atoms with Crippen LogP contribution in [-0.2, 0) is 17.8 Å². The summed E-state index contributed by atoms with van der Waals surface area (Å²) in [4.78, 5) is 13.5. The highest BCUT2D eigenvalue weighted by Gasteiger charge is 2.28. The van der Waals surface area contributed by atoms with Crippen molar-refractivity contribution in [3.05, 3.63) is 106 Å². The number of para-hydroxylation sites is 1. The molecule has 1 fully saturated rings. The van der Waals surface area contributed by atoms with E-state index in [4.69, 9.17) is 0 Å². The summed E-state index contributed by atoms with van der Waals surface area (Å²) in [5.74, 6) is -0.0398. The molecule has 0 saturated carbocycles. The summed E-state index contributed by atoms with van der Waals surface area (Å²) in [5.41, 5.74) is 6.81. The lowest BCUT2D eigenvalue weighted by Crippen LogP contribution is -2.30. The van der Waals surface area contributed by atoms with Gasteiger partial charge in [-0.05, 0) is 48.7 Å². The summed E-state index contributed by atoms with van der Waals surface area (Å²) < 4.78 is 2.33. The third-order valence-electron chi connectivity index (χ3n) is 6.13. The lowest BCUT2D eigenvalue weighted by atomic mass is 10.1. The first-order valence-electron chi connectivity index (χ1n) is 11.3. The largest absolute Gasteiger partial charge is 0.357 e. The number of rotatable bonds is 6. The molecule has 4 aromatic rings. The van der Waals surface area contributed by atoms with E-state index in [9.17, 15) is 4.79 Å². The van der Waals surface area contributed by atoms with Crippen LogP contribution in [0.3, 0.4) is 0 Å². The number of anilines is 1. The minimum absolute atomic E-state index is 0.0398. The fourth-order valence-electron chi connectivity index (χ4n) is 4.29. The highest BCUT2D eigenvalue weighted by molar-refractivity contribution is 8.05. The van der Waals surface area contributed by atoms with Gasteiger partial charge in [0, 0.05) is 34.4 Å². The van der Waals surface area contributed by atoms with Gasteiger partial charge in [-0.1, -0.05) is 79.3 Å². The van der Waals surface area contributed by atoms with Gasteiger partial charge < -0.3 is 15.2 Å². The molecule has 0 radical (unpaired) electrons. The molecule has 1 atom stereocenters. The second-order valence-electron chi connectivity index (χ2n) is 8.26. The zero-order chi connectivity index (χ0) is 22.8. The summed E-state index contributed by atoms with van der Waals surface area (Å²) in [5, 5.41) is 7.63. The Hall–Kier alpha value is -3.44. The van der Waals surface area contributed by atoms with Crippen molar-refractivity contribution in [1.29, 1.82) is 0 Å². The van der Waals surface area contributed by atoms with Gasteiger partial charge in [-0.15, -0.1) is 0 Å². The maximum atomic E-state index is 12.8.